The van der Waals surface area contributed by atoms with Gasteiger partial charge in [-0.1, -0.05) is 99.9 Å². The van der Waals surface area contributed by atoms with Crippen LogP contribution in [0, 0.1) is 0 Å². The maximum Gasteiger partial charge on any atom is 0.472 e. The number of methoxy groups -OCH3 is 1. The molecule has 0 aromatic carbocycles. The third-order valence-electron chi connectivity index (χ3n) is 5.21. The Morgan fingerprint density at radius 2 is 1.41 bits per heavy atom. The van der Waals surface area contributed by atoms with E-state index in [0.29, 0.717) is 11.8 Å². The Kier molecular flexibility index (Phi) is 23.1. The smallest absolute Gasteiger partial charge is 0.377 e. The van der Waals surface area contributed by atoms with E-state index in [4.69, 9.17) is 18.5 Å². The molecule has 0 heterocycles. The van der Waals surface area contributed by atoms with Crippen LogP contribution in [0.2, 0.25) is 0 Å². The number of Topliss-reactive ketones (excluding diaryl/α,β-unsaturated/α-hetero) is 1. The summed E-state index contributed by atoms with van der Waals surface area (Å²) in [7, 11) is -2.65. The van der Waals surface area contributed by atoms with E-state index in [9.17, 15) is 14.3 Å². The van der Waals surface area contributed by atoms with Gasteiger partial charge in [0.1, 0.15) is 12.7 Å². The van der Waals surface area contributed by atoms with E-state index in [1.54, 1.807) is 0 Å². The highest BCUT2D eigenvalue weighted by Gasteiger charge is 2.23. The van der Waals surface area contributed by atoms with E-state index in [0.717, 1.165) is 12.8 Å². The minimum Gasteiger partial charge on any atom is -0.377 e. The topological polar surface area (TPSA) is 91.3 Å². The zero-order chi connectivity index (χ0) is 23.9. The fourth-order valence-corrected chi connectivity index (χ4v) is 4.43. The highest BCUT2D eigenvalue weighted by Crippen LogP contribution is 2.43. The molecular formula is C23H46BrO7P. The fourth-order valence-electron chi connectivity index (χ4n) is 3.26. The highest BCUT2D eigenvalue weighted by molar-refractivity contribution is 9.09. The number of ketones is 1. The molecule has 0 bridgehead atoms. The number of hydrogen-bond donors (Lipinski definition) is 1. The van der Waals surface area contributed by atoms with Gasteiger partial charge in [0.05, 0.1) is 19.8 Å². The van der Waals surface area contributed by atoms with Crippen LogP contribution < -0.4 is 0 Å². The summed E-state index contributed by atoms with van der Waals surface area (Å²) in [6.07, 6.45) is 16.6. The molecule has 0 amide bonds. The molecule has 0 saturated heterocycles. The Morgan fingerprint density at radius 1 is 0.875 bits per heavy atom. The molecule has 2 unspecified atom stereocenters. The molecule has 32 heavy (non-hydrogen) atoms. The van der Waals surface area contributed by atoms with Crippen LogP contribution in [0.1, 0.15) is 96.8 Å². The summed E-state index contributed by atoms with van der Waals surface area (Å²) in [5.41, 5.74) is 0. The summed E-state index contributed by atoms with van der Waals surface area (Å²) in [6.45, 7) is 2.30. The lowest BCUT2D eigenvalue weighted by Gasteiger charge is -2.17. The first-order valence-electron chi connectivity index (χ1n) is 12.2. The minimum atomic E-state index is -4.10. The number of rotatable bonds is 25. The Morgan fingerprint density at radius 3 is 1.91 bits per heavy atom. The summed E-state index contributed by atoms with van der Waals surface area (Å²) in [6, 6.07) is 0. The van der Waals surface area contributed by atoms with Gasteiger partial charge in [-0.25, -0.2) is 4.57 Å². The Bertz CT molecular complexity index is 479. The van der Waals surface area contributed by atoms with Crippen molar-refractivity contribution in [2.45, 2.75) is 103 Å². The molecule has 0 aliphatic rings. The van der Waals surface area contributed by atoms with Crippen LogP contribution in [0.3, 0.4) is 0 Å². The lowest BCUT2D eigenvalue weighted by atomic mass is 10.0. The zero-order valence-electron chi connectivity index (χ0n) is 20.2. The van der Waals surface area contributed by atoms with Crippen molar-refractivity contribution in [3.8, 4) is 0 Å². The molecule has 7 nitrogen and oxygen atoms in total. The quantitative estimate of drug-likeness (QED) is 0.0786. The van der Waals surface area contributed by atoms with Gasteiger partial charge in [-0.05, 0) is 6.42 Å². The fraction of sp³-hybridized carbons (Fsp3) is 0.957. The number of ether oxygens (including phenoxy) is 2. The van der Waals surface area contributed by atoms with Gasteiger partial charge in [0.15, 0.2) is 5.78 Å². The highest BCUT2D eigenvalue weighted by atomic mass is 79.9. The first-order valence-corrected chi connectivity index (χ1v) is 14.9. The second-order valence-electron chi connectivity index (χ2n) is 8.19. The van der Waals surface area contributed by atoms with Crippen molar-refractivity contribution < 1.29 is 32.8 Å². The first-order chi connectivity index (χ1) is 15.4. The summed E-state index contributed by atoms with van der Waals surface area (Å²) in [4.78, 5) is 21.4. The minimum absolute atomic E-state index is 0.0228. The second-order valence-corrected chi connectivity index (χ2v) is 10.4. The summed E-state index contributed by atoms with van der Waals surface area (Å²) in [5.74, 6) is 0.0670. The van der Waals surface area contributed by atoms with Crippen LogP contribution in [0.25, 0.3) is 0 Å². The number of halogens is 1. The lowest BCUT2D eigenvalue weighted by Crippen LogP contribution is -2.25. The average Bonchev–Trinajstić information content (AvgIpc) is 2.77. The molecule has 0 aromatic heterocycles. The van der Waals surface area contributed by atoms with Gasteiger partial charge < -0.3 is 14.4 Å². The lowest BCUT2D eigenvalue weighted by molar-refractivity contribution is -0.125. The molecular weight excluding hydrogens is 499 g/mol. The molecule has 0 spiro atoms. The van der Waals surface area contributed by atoms with Gasteiger partial charge in [-0.2, -0.15) is 0 Å². The number of phosphoric acid groups is 1. The molecule has 0 fully saturated rings. The number of hydrogen-bond acceptors (Lipinski definition) is 6. The summed E-state index contributed by atoms with van der Waals surface area (Å²) >= 11 is 3.10. The van der Waals surface area contributed by atoms with Gasteiger partial charge in [-0.15, -0.1) is 0 Å². The van der Waals surface area contributed by atoms with E-state index in [2.05, 4.69) is 22.9 Å². The number of carbonyl (C=O) groups excluding carboxylic acids is 1. The Hall–Kier alpha value is 0.180. The molecule has 0 rings (SSSR count). The van der Waals surface area contributed by atoms with E-state index < -0.39 is 13.9 Å². The van der Waals surface area contributed by atoms with Gasteiger partial charge in [0.2, 0.25) is 0 Å². The van der Waals surface area contributed by atoms with E-state index >= 15 is 0 Å². The standard InChI is InChI=1S/C23H46BrO7P/c1-3-4-5-6-7-8-9-10-11-12-13-14-15-16-22(25)19-29-20-23(28-2)21-31-32(26,27)30-18-17-24/h23H,3-21H2,1-2H3,(H,26,27). The maximum atomic E-state index is 11.9. The molecule has 1 N–H and O–H groups in total. The number of unbranched alkanes of at least 4 members (excludes halogenated alkanes) is 12. The number of alkyl halides is 1. The third kappa shape index (κ3) is 22.0. The van der Waals surface area contributed by atoms with Crippen LogP contribution in [-0.4, -0.2) is 55.6 Å². The molecule has 192 valence electrons. The number of carbonyl (C=O) groups is 1. The Balaban J connectivity index is 3.56. The molecule has 0 radical (unpaired) electrons. The molecule has 2 atom stereocenters. The molecule has 0 saturated carbocycles. The molecule has 9 heteroatoms. The van der Waals surface area contributed by atoms with Gasteiger partial charge in [0.25, 0.3) is 0 Å². The maximum absolute atomic E-state index is 11.9. The van der Waals surface area contributed by atoms with Gasteiger partial charge in [0, 0.05) is 18.9 Å². The summed E-state index contributed by atoms with van der Waals surface area (Å²) < 4.78 is 31.8. The van der Waals surface area contributed by atoms with Crippen molar-refractivity contribution in [2.24, 2.45) is 0 Å². The monoisotopic (exact) mass is 544 g/mol. The van der Waals surface area contributed by atoms with Crippen molar-refractivity contribution in [1.82, 2.24) is 0 Å². The van der Waals surface area contributed by atoms with Crippen LogP contribution in [0.15, 0.2) is 0 Å². The predicted octanol–water partition coefficient (Wildman–Crippen LogP) is 6.60. The van der Waals surface area contributed by atoms with Crippen LogP contribution in [0.4, 0.5) is 0 Å². The van der Waals surface area contributed by atoms with Crippen molar-refractivity contribution in [3.05, 3.63) is 0 Å². The molecule has 0 aromatic rings. The largest absolute Gasteiger partial charge is 0.472 e. The SMILES string of the molecule is CCCCCCCCCCCCCCCC(=O)COCC(COP(=O)(O)OCCBr)OC. The first kappa shape index (κ1) is 32.2. The number of phosphoric ester groups is 1. The molecule has 0 aliphatic carbocycles. The van der Waals surface area contributed by atoms with E-state index in [1.807, 2.05) is 0 Å². The second kappa shape index (κ2) is 22.9. The van der Waals surface area contributed by atoms with Crippen LogP contribution in [0.5, 0.6) is 0 Å². The summed E-state index contributed by atoms with van der Waals surface area (Å²) in [5, 5.41) is 0.430. The van der Waals surface area contributed by atoms with Crippen LogP contribution >= 0.6 is 23.8 Å². The zero-order valence-corrected chi connectivity index (χ0v) is 22.7. The van der Waals surface area contributed by atoms with Crippen molar-refractivity contribution in [3.63, 3.8) is 0 Å². The molecule has 0 aliphatic heterocycles. The van der Waals surface area contributed by atoms with Crippen molar-refractivity contribution in [2.75, 3.05) is 38.9 Å². The van der Waals surface area contributed by atoms with Crippen molar-refractivity contribution >= 4 is 29.5 Å². The predicted molar refractivity (Wildman–Crippen MR) is 132 cm³/mol. The average molecular weight is 545 g/mol. The van der Waals surface area contributed by atoms with Gasteiger partial charge >= 0.3 is 7.82 Å². The van der Waals surface area contributed by atoms with E-state index in [1.165, 1.54) is 77.7 Å². The van der Waals surface area contributed by atoms with E-state index in [-0.39, 0.29) is 32.2 Å². The van der Waals surface area contributed by atoms with Gasteiger partial charge in [-0.3, -0.25) is 13.8 Å². The van der Waals surface area contributed by atoms with Crippen LogP contribution in [-0.2, 0) is 27.9 Å². The van der Waals surface area contributed by atoms with Crippen molar-refractivity contribution in [1.29, 1.82) is 0 Å². The normalized spacial score (nSPS) is 14.4. The Labute approximate surface area is 204 Å². The third-order valence-corrected chi connectivity index (χ3v) is 6.52.